The minimum absolute atomic E-state index is 0.0480. The van der Waals surface area contributed by atoms with Gasteiger partial charge < -0.3 is 15.2 Å². The number of anilines is 1. The average Bonchev–Trinajstić information content (AvgIpc) is 3.02. The highest BCUT2D eigenvalue weighted by atomic mass is 16.2. The molecule has 0 aliphatic carbocycles. The predicted octanol–water partition coefficient (Wildman–Crippen LogP) is 2.95. The van der Waals surface area contributed by atoms with Gasteiger partial charge in [0.25, 0.3) is 0 Å². The van der Waals surface area contributed by atoms with E-state index in [1.165, 1.54) is 0 Å². The molecule has 21 heavy (non-hydrogen) atoms. The third-order valence-electron chi connectivity index (χ3n) is 4.13. The third-order valence-corrected chi connectivity index (χ3v) is 4.13. The topological polar surface area (TPSA) is 46.1 Å². The molecule has 2 aromatic rings. The van der Waals surface area contributed by atoms with Crippen molar-refractivity contribution in [3.63, 3.8) is 0 Å². The lowest BCUT2D eigenvalue weighted by Crippen LogP contribution is -2.54. The minimum Gasteiger partial charge on any atom is -0.324 e. The van der Waals surface area contributed by atoms with Crippen molar-refractivity contribution in [3.05, 3.63) is 48.8 Å². The van der Waals surface area contributed by atoms with Crippen LogP contribution in [0.4, 0.5) is 5.69 Å². The number of rotatable bonds is 3. The molecule has 1 aliphatic heterocycles. The number of nitrogens with zero attached hydrogens (tertiary/aromatic N) is 1. The Kier molecular flexibility index (Phi) is 3.80. The van der Waals surface area contributed by atoms with Crippen LogP contribution in [0.3, 0.4) is 0 Å². The van der Waals surface area contributed by atoms with Crippen LogP contribution in [-0.4, -0.2) is 22.6 Å². The monoisotopic (exact) mass is 283 g/mol. The van der Waals surface area contributed by atoms with Crippen LogP contribution < -0.4 is 10.6 Å². The normalized spacial score (nSPS) is 22.0. The van der Waals surface area contributed by atoms with Crippen LogP contribution >= 0.6 is 0 Å². The summed E-state index contributed by atoms with van der Waals surface area (Å²) in [4.78, 5) is 12.5. The zero-order valence-electron chi connectivity index (χ0n) is 12.3. The van der Waals surface area contributed by atoms with Gasteiger partial charge in [0.15, 0.2) is 0 Å². The number of aromatic nitrogens is 1. The zero-order chi connectivity index (χ0) is 14.7. The maximum atomic E-state index is 12.5. The first kappa shape index (κ1) is 13.9. The van der Waals surface area contributed by atoms with E-state index in [2.05, 4.69) is 10.6 Å². The molecule has 0 radical (unpaired) electrons. The highest BCUT2D eigenvalue weighted by Crippen LogP contribution is 2.22. The SMILES string of the molecule is CC1(C(=O)Nc2cccc(-n3cccc3)c2)CCCCN1. The molecule has 1 fully saturated rings. The molecule has 1 amide bonds. The number of nitrogens with one attached hydrogen (secondary N) is 2. The van der Waals surface area contributed by atoms with Crippen molar-refractivity contribution < 1.29 is 4.79 Å². The lowest BCUT2D eigenvalue weighted by molar-refractivity contribution is -0.122. The summed E-state index contributed by atoms with van der Waals surface area (Å²) in [5, 5.41) is 6.38. The molecule has 1 unspecified atom stereocenters. The molecule has 0 bridgehead atoms. The molecule has 0 spiro atoms. The van der Waals surface area contributed by atoms with Crippen molar-refractivity contribution in [2.45, 2.75) is 31.7 Å². The van der Waals surface area contributed by atoms with Gasteiger partial charge in [0.1, 0.15) is 0 Å². The smallest absolute Gasteiger partial charge is 0.244 e. The fourth-order valence-corrected chi connectivity index (χ4v) is 2.77. The van der Waals surface area contributed by atoms with Crippen LogP contribution in [-0.2, 0) is 4.79 Å². The predicted molar refractivity (Wildman–Crippen MR) is 84.7 cm³/mol. The van der Waals surface area contributed by atoms with E-state index in [0.29, 0.717) is 0 Å². The van der Waals surface area contributed by atoms with Crippen LogP contribution in [0.25, 0.3) is 5.69 Å². The van der Waals surface area contributed by atoms with Gasteiger partial charge in [-0.25, -0.2) is 0 Å². The van der Waals surface area contributed by atoms with E-state index < -0.39 is 5.54 Å². The molecule has 1 aliphatic rings. The summed E-state index contributed by atoms with van der Waals surface area (Å²) in [7, 11) is 0. The molecule has 2 N–H and O–H groups in total. The number of benzene rings is 1. The van der Waals surface area contributed by atoms with Crippen LogP contribution in [0.2, 0.25) is 0 Å². The number of carbonyl (C=O) groups excluding carboxylic acids is 1. The van der Waals surface area contributed by atoms with Crippen molar-refractivity contribution in [1.82, 2.24) is 9.88 Å². The van der Waals surface area contributed by atoms with Gasteiger partial charge >= 0.3 is 0 Å². The lowest BCUT2D eigenvalue weighted by atomic mass is 9.90. The highest BCUT2D eigenvalue weighted by molar-refractivity contribution is 5.98. The molecular formula is C17H21N3O. The number of amides is 1. The third kappa shape index (κ3) is 3.00. The Morgan fingerprint density at radius 1 is 1.24 bits per heavy atom. The molecule has 1 aromatic heterocycles. The molecule has 0 saturated carbocycles. The van der Waals surface area contributed by atoms with Gasteiger partial charge in [-0.15, -0.1) is 0 Å². The number of carbonyl (C=O) groups is 1. The first-order chi connectivity index (χ1) is 10.2. The summed E-state index contributed by atoms with van der Waals surface area (Å²) in [5.74, 6) is 0.0480. The van der Waals surface area contributed by atoms with Gasteiger partial charge in [-0.1, -0.05) is 6.07 Å². The molecule has 3 rings (SSSR count). The second-order valence-corrected chi connectivity index (χ2v) is 5.81. The summed E-state index contributed by atoms with van der Waals surface area (Å²) in [5.41, 5.74) is 1.42. The van der Waals surface area contributed by atoms with Crippen LogP contribution in [0.15, 0.2) is 48.8 Å². The van der Waals surface area contributed by atoms with Crippen molar-refractivity contribution >= 4 is 11.6 Å². The standard InChI is InChI=1S/C17H21N3O/c1-17(9-2-3-10-18-17)16(21)19-14-7-6-8-15(13-14)20-11-4-5-12-20/h4-8,11-13,18H,2-3,9-10H2,1H3,(H,19,21). The molecule has 4 heteroatoms. The Balaban J connectivity index is 1.76. The van der Waals surface area contributed by atoms with Gasteiger partial charge in [-0.3, -0.25) is 4.79 Å². The summed E-state index contributed by atoms with van der Waals surface area (Å²) < 4.78 is 2.02. The Morgan fingerprint density at radius 2 is 2.05 bits per heavy atom. The van der Waals surface area contributed by atoms with E-state index >= 15 is 0 Å². The van der Waals surface area contributed by atoms with Crippen molar-refractivity contribution in [2.24, 2.45) is 0 Å². The summed E-state index contributed by atoms with van der Waals surface area (Å²) in [6, 6.07) is 11.9. The Hall–Kier alpha value is -2.07. The van der Waals surface area contributed by atoms with Crippen molar-refractivity contribution in [1.29, 1.82) is 0 Å². The largest absolute Gasteiger partial charge is 0.324 e. The van der Waals surface area contributed by atoms with Gasteiger partial charge in [0, 0.05) is 23.8 Å². The second kappa shape index (κ2) is 5.74. The number of hydrogen-bond donors (Lipinski definition) is 2. The molecule has 1 aromatic carbocycles. The van der Waals surface area contributed by atoms with Gasteiger partial charge in [-0.2, -0.15) is 0 Å². The fraction of sp³-hybridized carbons (Fsp3) is 0.353. The van der Waals surface area contributed by atoms with Crippen LogP contribution in [0, 0.1) is 0 Å². The first-order valence-corrected chi connectivity index (χ1v) is 7.47. The summed E-state index contributed by atoms with van der Waals surface area (Å²) >= 11 is 0. The Morgan fingerprint density at radius 3 is 2.76 bits per heavy atom. The maximum Gasteiger partial charge on any atom is 0.244 e. The average molecular weight is 283 g/mol. The Labute approximate surface area is 125 Å². The van der Waals surface area contributed by atoms with E-state index in [0.717, 1.165) is 37.2 Å². The second-order valence-electron chi connectivity index (χ2n) is 5.81. The minimum atomic E-state index is -0.457. The summed E-state index contributed by atoms with van der Waals surface area (Å²) in [6.07, 6.45) is 7.11. The molecule has 1 saturated heterocycles. The van der Waals surface area contributed by atoms with E-state index in [1.54, 1.807) is 0 Å². The maximum absolute atomic E-state index is 12.5. The molecule has 2 heterocycles. The van der Waals surface area contributed by atoms with Crippen LogP contribution in [0.5, 0.6) is 0 Å². The van der Waals surface area contributed by atoms with Gasteiger partial charge in [0.2, 0.25) is 5.91 Å². The quantitative estimate of drug-likeness (QED) is 0.909. The lowest BCUT2D eigenvalue weighted by Gasteiger charge is -2.33. The van der Waals surface area contributed by atoms with Crippen molar-refractivity contribution in [2.75, 3.05) is 11.9 Å². The first-order valence-electron chi connectivity index (χ1n) is 7.47. The fourth-order valence-electron chi connectivity index (χ4n) is 2.77. The van der Waals surface area contributed by atoms with E-state index in [-0.39, 0.29) is 5.91 Å². The molecule has 1 atom stereocenters. The van der Waals surface area contributed by atoms with Crippen molar-refractivity contribution in [3.8, 4) is 5.69 Å². The number of piperidine rings is 1. The van der Waals surface area contributed by atoms with E-state index in [4.69, 9.17) is 0 Å². The molecular weight excluding hydrogens is 262 g/mol. The van der Waals surface area contributed by atoms with Crippen LogP contribution in [0.1, 0.15) is 26.2 Å². The van der Waals surface area contributed by atoms with Gasteiger partial charge in [-0.05, 0) is 63.1 Å². The van der Waals surface area contributed by atoms with E-state index in [9.17, 15) is 4.79 Å². The Bertz CT molecular complexity index is 613. The highest BCUT2D eigenvalue weighted by Gasteiger charge is 2.34. The summed E-state index contributed by atoms with van der Waals surface area (Å²) in [6.45, 7) is 2.89. The zero-order valence-corrected chi connectivity index (χ0v) is 12.3. The van der Waals surface area contributed by atoms with E-state index in [1.807, 2.05) is 60.3 Å². The number of hydrogen-bond acceptors (Lipinski definition) is 2. The molecule has 4 nitrogen and oxygen atoms in total. The molecule has 110 valence electrons. The van der Waals surface area contributed by atoms with Gasteiger partial charge in [0.05, 0.1) is 5.54 Å².